The third-order valence-electron chi connectivity index (χ3n) is 2.48. The smallest absolute Gasteiger partial charge is 0.275 e. The Bertz CT molecular complexity index is 450. The van der Waals surface area contributed by atoms with Crippen LogP contribution in [0.25, 0.3) is 0 Å². The molecule has 1 atom stereocenters. The summed E-state index contributed by atoms with van der Waals surface area (Å²) in [5.74, 6) is -0.167. The molecule has 0 fully saturated rings. The largest absolute Gasteiger partial charge is 0.369 e. The number of amides is 1. The minimum Gasteiger partial charge on any atom is -0.369 e. The number of anilines is 1. The lowest BCUT2D eigenvalue weighted by molar-refractivity contribution is -0.115. The molecule has 0 saturated heterocycles. The first kappa shape index (κ1) is 9.78. The van der Waals surface area contributed by atoms with E-state index in [1.807, 2.05) is 0 Å². The van der Waals surface area contributed by atoms with Crippen molar-refractivity contribution in [1.82, 2.24) is 20.2 Å². The second-order valence-electron chi connectivity index (χ2n) is 3.44. The molecule has 1 unspecified atom stereocenters. The zero-order valence-electron chi connectivity index (χ0n) is 8.67. The number of aryl methyl sites for hydroxylation is 1. The average molecular weight is 209 g/mol. The van der Waals surface area contributed by atoms with Gasteiger partial charge in [0.1, 0.15) is 0 Å². The van der Waals surface area contributed by atoms with E-state index in [1.54, 1.807) is 20.9 Å². The first-order chi connectivity index (χ1) is 7.02. The van der Waals surface area contributed by atoms with E-state index in [9.17, 15) is 9.90 Å². The maximum atomic E-state index is 11.7. The third-order valence-corrected chi connectivity index (χ3v) is 2.48. The summed E-state index contributed by atoms with van der Waals surface area (Å²) < 4.78 is 0. The van der Waals surface area contributed by atoms with Crippen LogP contribution in [0.15, 0.2) is 11.1 Å². The van der Waals surface area contributed by atoms with Gasteiger partial charge < -0.3 is 5.11 Å². The van der Waals surface area contributed by atoms with E-state index >= 15 is 0 Å². The van der Waals surface area contributed by atoms with E-state index in [0.717, 1.165) is 4.90 Å². The number of aliphatic hydroxyl groups excluding tert-OH is 1. The number of nitrogens with zero attached hydrogens (tertiary/aromatic N) is 5. The molecular weight excluding hydrogens is 198 g/mol. The van der Waals surface area contributed by atoms with Crippen molar-refractivity contribution in [2.75, 3.05) is 4.90 Å². The summed E-state index contributed by atoms with van der Waals surface area (Å²) in [4.78, 5) is 14.1. The van der Waals surface area contributed by atoms with Crippen molar-refractivity contribution in [3.05, 3.63) is 11.1 Å². The highest BCUT2D eigenvalue weighted by Gasteiger charge is 2.36. The van der Waals surface area contributed by atoms with Crippen LogP contribution in [0.4, 0.5) is 5.95 Å². The van der Waals surface area contributed by atoms with Gasteiger partial charge in [0, 0.05) is 5.57 Å². The SMILES string of the molecule is CC1=C(C)C(O)N(c2nnn(C)n2)C1=O. The second-order valence-corrected chi connectivity index (χ2v) is 3.44. The quantitative estimate of drug-likeness (QED) is 0.655. The fourth-order valence-electron chi connectivity index (χ4n) is 1.42. The number of hydrogen-bond donors (Lipinski definition) is 1. The number of hydrogen-bond acceptors (Lipinski definition) is 5. The van der Waals surface area contributed by atoms with Crippen LogP contribution in [-0.4, -0.2) is 37.4 Å². The zero-order valence-corrected chi connectivity index (χ0v) is 8.67. The van der Waals surface area contributed by atoms with Crippen molar-refractivity contribution in [3.63, 3.8) is 0 Å². The predicted octanol–water partition coefficient (Wildman–Crippen LogP) is -0.789. The summed E-state index contributed by atoms with van der Waals surface area (Å²) in [6, 6.07) is 0. The Hall–Kier alpha value is -1.76. The Morgan fingerprint density at radius 3 is 2.47 bits per heavy atom. The maximum Gasteiger partial charge on any atom is 0.275 e. The van der Waals surface area contributed by atoms with Crippen LogP contribution in [0.5, 0.6) is 0 Å². The van der Waals surface area contributed by atoms with E-state index in [-0.39, 0.29) is 11.9 Å². The van der Waals surface area contributed by atoms with Gasteiger partial charge in [-0.3, -0.25) is 4.79 Å². The topological polar surface area (TPSA) is 84.1 Å². The van der Waals surface area contributed by atoms with Gasteiger partial charge in [0.15, 0.2) is 6.23 Å². The molecule has 0 saturated carbocycles. The standard InChI is InChI=1S/C8H11N5O2/c1-4-5(2)7(15)13(6(4)14)8-9-11-12(3)10-8/h6,14H,1-3H3. The molecule has 0 spiro atoms. The molecule has 7 nitrogen and oxygen atoms in total. The Kier molecular flexibility index (Phi) is 2.04. The second kappa shape index (κ2) is 3.13. The van der Waals surface area contributed by atoms with Crippen LogP contribution in [-0.2, 0) is 11.8 Å². The minimum absolute atomic E-state index is 0.117. The summed E-state index contributed by atoms with van der Waals surface area (Å²) in [5, 5.41) is 21.0. The van der Waals surface area contributed by atoms with Crippen LogP contribution in [0.1, 0.15) is 13.8 Å². The lowest BCUT2D eigenvalue weighted by atomic mass is 10.2. The number of rotatable bonds is 1. The van der Waals surface area contributed by atoms with E-state index < -0.39 is 6.23 Å². The monoisotopic (exact) mass is 209 g/mol. The van der Waals surface area contributed by atoms with Crippen molar-refractivity contribution in [2.45, 2.75) is 20.1 Å². The zero-order chi connectivity index (χ0) is 11.2. The summed E-state index contributed by atoms with van der Waals surface area (Å²) in [5.41, 5.74) is 1.14. The van der Waals surface area contributed by atoms with Crippen LogP contribution in [0, 0.1) is 0 Å². The molecule has 2 heterocycles. The molecule has 1 aromatic rings. The minimum atomic E-state index is -0.985. The van der Waals surface area contributed by atoms with Gasteiger partial charge in [-0.1, -0.05) is 5.10 Å². The molecule has 1 N–H and O–H groups in total. The highest BCUT2D eigenvalue weighted by atomic mass is 16.3. The molecule has 0 aliphatic carbocycles. The van der Waals surface area contributed by atoms with E-state index in [4.69, 9.17) is 0 Å². The van der Waals surface area contributed by atoms with Gasteiger partial charge in [0.2, 0.25) is 0 Å². The lowest BCUT2D eigenvalue weighted by Crippen LogP contribution is -2.36. The first-order valence-corrected chi connectivity index (χ1v) is 4.45. The molecule has 1 aliphatic rings. The van der Waals surface area contributed by atoms with Crippen LogP contribution < -0.4 is 4.90 Å². The Morgan fingerprint density at radius 1 is 1.40 bits per heavy atom. The number of tetrazole rings is 1. The van der Waals surface area contributed by atoms with Crippen LogP contribution >= 0.6 is 0 Å². The fraction of sp³-hybridized carbons (Fsp3) is 0.500. The molecule has 1 amide bonds. The Balaban J connectivity index is 2.38. The molecule has 15 heavy (non-hydrogen) atoms. The summed E-state index contributed by atoms with van der Waals surface area (Å²) in [6.07, 6.45) is -0.985. The first-order valence-electron chi connectivity index (χ1n) is 4.45. The van der Waals surface area contributed by atoms with Crippen molar-refractivity contribution in [2.24, 2.45) is 7.05 Å². The highest BCUT2D eigenvalue weighted by molar-refractivity contribution is 6.08. The van der Waals surface area contributed by atoms with Crippen molar-refractivity contribution in [3.8, 4) is 0 Å². The molecular formula is C8H11N5O2. The summed E-state index contributed by atoms with van der Waals surface area (Å²) >= 11 is 0. The van der Waals surface area contributed by atoms with E-state index in [0.29, 0.717) is 11.1 Å². The number of aromatic nitrogens is 4. The Morgan fingerprint density at radius 2 is 2.07 bits per heavy atom. The molecule has 1 aromatic heterocycles. The summed E-state index contributed by atoms with van der Waals surface area (Å²) in [7, 11) is 1.59. The third kappa shape index (κ3) is 1.32. The fourth-order valence-corrected chi connectivity index (χ4v) is 1.42. The molecule has 2 rings (SSSR count). The van der Waals surface area contributed by atoms with Gasteiger partial charge in [0.25, 0.3) is 11.9 Å². The average Bonchev–Trinajstić information content (AvgIpc) is 2.68. The van der Waals surface area contributed by atoms with Gasteiger partial charge in [-0.2, -0.15) is 4.80 Å². The van der Waals surface area contributed by atoms with Gasteiger partial charge >= 0.3 is 0 Å². The normalized spacial score (nSPS) is 21.7. The number of carbonyl (C=O) groups is 1. The maximum absolute atomic E-state index is 11.7. The van der Waals surface area contributed by atoms with Crippen molar-refractivity contribution < 1.29 is 9.90 Å². The van der Waals surface area contributed by atoms with Gasteiger partial charge in [-0.15, -0.1) is 5.10 Å². The van der Waals surface area contributed by atoms with Crippen LogP contribution in [0.2, 0.25) is 0 Å². The molecule has 1 aliphatic heterocycles. The van der Waals surface area contributed by atoms with Gasteiger partial charge in [0.05, 0.1) is 7.05 Å². The highest BCUT2D eigenvalue weighted by Crippen LogP contribution is 2.26. The van der Waals surface area contributed by atoms with Gasteiger partial charge in [-0.05, 0) is 24.6 Å². The van der Waals surface area contributed by atoms with Crippen molar-refractivity contribution in [1.29, 1.82) is 0 Å². The Labute approximate surface area is 86.0 Å². The molecule has 80 valence electrons. The van der Waals surface area contributed by atoms with Crippen molar-refractivity contribution >= 4 is 11.9 Å². The van der Waals surface area contributed by atoms with Gasteiger partial charge in [-0.25, -0.2) is 4.90 Å². The summed E-state index contributed by atoms with van der Waals surface area (Å²) in [6.45, 7) is 3.37. The molecule has 0 aromatic carbocycles. The molecule has 0 radical (unpaired) electrons. The van der Waals surface area contributed by atoms with Crippen LogP contribution in [0.3, 0.4) is 0 Å². The molecule has 0 bridgehead atoms. The van der Waals surface area contributed by atoms with E-state index in [2.05, 4.69) is 15.4 Å². The lowest BCUT2D eigenvalue weighted by Gasteiger charge is -2.16. The predicted molar refractivity (Wildman–Crippen MR) is 50.7 cm³/mol. The number of carbonyl (C=O) groups excluding carboxylic acids is 1. The number of aliphatic hydroxyl groups is 1. The van der Waals surface area contributed by atoms with E-state index in [1.165, 1.54) is 4.80 Å². The molecule has 7 heteroatoms.